The van der Waals surface area contributed by atoms with E-state index in [2.05, 4.69) is 176 Å². The molecule has 0 unspecified atom stereocenters. The van der Waals surface area contributed by atoms with Crippen molar-refractivity contribution < 1.29 is 0 Å². The second kappa shape index (κ2) is 12.2. The van der Waals surface area contributed by atoms with Crippen LogP contribution in [0.5, 0.6) is 0 Å². The molecule has 10 rings (SSSR count). The molecule has 8 aromatic carbocycles. The Bertz CT molecular complexity index is 2650. The summed E-state index contributed by atoms with van der Waals surface area (Å²) in [6.45, 7) is 4.76. The van der Waals surface area contributed by atoms with Gasteiger partial charge in [-0.1, -0.05) is 161 Å². The lowest BCUT2D eigenvalue weighted by atomic mass is 9.82. The number of nitrogens with zero attached hydrogens (tertiary/aromatic N) is 1. The molecule has 1 heteroatoms. The molecule has 52 heavy (non-hydrogen) atoms. The number of benzene rings is 8. The number of anilines is 3. The van der Waals surface area contributed by atoms with E-state index in [9.17, 15) is 0 Å². The van der Waals surface area contributed by atoms with Gasteiger partial charge in [0.15, 0.2) is 0 Å². The zero-order valence-electron chi connectivity index (χ0n) is 30.1. The first kappa shape index (κ1) is 31.1. The molecule has 0 amide bonds. The van der Waals surface area contributed by atoms with E-state index in [-0.39, 0.29) is 5.41 Å². The summed E-state index contributed by atoms with van der Waals surface area (Å²) in [5.41, 5.74) is 12.9. The van der Waals surface area contributed by atoms with Gasteiger partial charge in [-0.3, -0.25) is 0 Å². The maximum Gasteiger partial charge on any atom is 0.0618 e. The van der Waals surface area contributed by atoms with Crippen LogP contribution in [0.1, 0.15) is 68.6 Å². The van der Waals surface area contributed by atoms with Crippen molar-refractivity contribution in [2.75, 3.05) is 4.90 Å². The van der Waals surface area contributed by atoms with Crippen LogP contribution in [0, 0.1) is 0 Å². The average molecular weight is 670 g/mol. The summed E-state index contributed by atoms with van der Waals surface area (Å²) in [7, 11) is 0. The van der Waals surface area contributed by atoms with Crippen molar-refractivity contribution in [2.24, 2.45) is 0 Å². The highest BCUT2D eigenvalue weighted by molar-refractivity contribution is 6.08. The van der Waals surface area contributed by atoms with Gasteiger partial charge < -0.3 is 4.90 Å². The second-order valence-electron chi connectivity index (χ2n) is 15.6. The van der Waals surface area contributed by atoms with Gasteiger partial charge in [-0.15, -0.1) is 0 Å². The monoisotopic (exact) mass is 669 g/mol. The van der Waals surface area contributed by atoms with Gasteiger partial charge >= 0.3 is 0 Å². The molecule has 0 spiro atoms. The smallest absolute Gasteiger partial charge is 0.0618 e. The minimum absolute atomic E-state index is 0.105. The van der Waals surface area contributed by atoms with Crippen molar-refractivity contribution in [1.29, 1.82) is 0 Å². The fourth-order valence-corrected chi connectivity index (χ4v) is 9.41. The average Bonchev–Trinajstić information content (AvgIpc) is 3.43. The topological polar surface area (TPSA) is 3.24 Å². The predicted molar refractivity (Wildman–Crippen MR) is 222 cm³/mol. The largest absolute Gasteiger partial charge is 0.309 e. The van der Waals surface area contributed by atoms with Gasteiger partial charge in [0.1, 0.15) is 0 Å². The van der Waals surface area contributed by atoms with Crippen LogP contribution >= 0.6 is 0 Å². The van der Waals surface area contributed by atoms with E-state index in [0.29, 0.717) is 5.92 Å². The van der Waals surface area contributed by atoms with E-state index in [1.807, 2.05) is 0 Å². The fraction of sp³-hybridized carbons (Fsp3) is 0.176. The second-order valence-corrected chi connectivity index (χ2v) is 15.6. The molecule has 0 atom stereocenters. The standard InChI is InChI=1S/C51H43N/c1-51(2)48-19-11-10-18-46(48)47-29-27-43(33-49(47)51)52(42-26-24-39-30-38(21-22-40(39)32-42)34-12-4-3-5-13-34)50-44-17-9-8-15-36(44)25-28-45(50)41-23-20-35-14-6-7-16-37(35)31-41/h6-11,14-34H,3-5,12-13H2,1-2H3. The van der Waals surface area contributed by atoms with Crippen LogP contribution in [0.3, 0.4) is 0 Å². The third kappa shape index (κ3) is 5.06. The van der Waals surface area contributed by atoms with Crippen LogP contribution in [-0.2, 0) is 5.41 Å². The number of hydrogen-bond donors (Lipinski definition) is 0. The minimum Gasteiger partial charge on any atom is -0.309 e. The Morgan fingerprint density at radius 3 is 1.96 bits per heavy atom. The summed E-state index contributed by atoms with van der Waals surface area (Å²) in [5.74, 6) is 0.688. The molecule has 1 nitrogen and oxygen atoms in total. The molecule has 0 heterocycles. The van der Waals surface area contributed by atoms with Crippen molar-refractivity contribution in [1.82, 2.24) is 0 Å². The van der Waals surface area contributed by atoms with Crippen molar-refractivity contribution in [3.05, 3.63) is 174 Å². The van der Waals surface area contributed by atoms with Gasteiger partial charge in [0, 0.05) is 27.7 Å². The van der Waals surface area contributed by atoms with E-state index < -0.39 is 0 Å². The normalized spacial score (nSPS) is 15.2. The molecule has 2 aliphatic rings. The van der Waals surface area contributed by atoms with Crippen LogP contribution in [-0.4, -0.2) is 0 Å². The molecule has 1 saturated carbocycles. The molecular weight excluding hydrogens is 627 g/mol. The van der Waals surface area contributed by atoms with Gasteiger partial charge in [-0.05, 0) is 109 Å². The van der Waals surface area contributed by atoms with Crippen molar-refractivity contribution in [3.63, 3.8) is 0 Å². The first-order chi connectivity index (χ1) is 25.5. The SMILES string of the molecule is CC1(C)c2ccccc2-c2ccc(N(c3ccc4cc(C5CCCCC5)ccc4c3)c3c(-c4ccc5ccccc5c4)ccc4ccccc34)cc21. The lowest BCUT2D eigenvalue weighted by Crippen LogP contribution is -2.17. The summed E-state index contributed by atoms with van der Waals surface area (Å²) >= 11 is 0. The Morgan fingerprint density at radius 1 is 0.462 bits per heavy atom. The number of rotatable bonds is 5. The summed E-state index contributed by atoms with van der Waals surface area (Å²) in [6, 6.07) is 59.6. The summed E-state index contributed by atoms with van der Waals surface area (Å²) in [4.78, 5) is 2.54. The van der Waals surface area contributed by atoms with Crippen molar-refractivity contribution in [2.45, 2.75) is 57.3 Å². The maximum absolute atomic E-state index is 2.54. The predicted octanol–water partition coefficient (Wildman–Crippen LogP) is 14.6. The third-order valence-electron chi connectivity index (χ3n) is 12.2. The van der Waals surface area contributed by atoms with Crippen LogP contribution in [0.25, 0.3) is 54.6 Å². The zero-order valence-corrected chi connectivity index (χ0v) is 30.1. The molecule has 0 N–H and O–H groups in total. The van der Waals surface area contributed by atoms with Gasteiger partial charge in [-0.25, -0.2) is 0 Å². The fourth-order valence-electron chi connectivity index (χ4n) is 9.41. The molecular formula is C51H43N. The molecule has 0 radical (unpaired) electrons. The van der Waals surface area contributed by atoms with E-state index in [1.54, 1.807) is 0 Å². The number of fused-ring (bicyclic) bond motifs is 6. The Kier molecular flexibility index (Phi) is 7.32. The molecule has 8 aromatic rings. The Morgan fingerprint density at radius 2 is 1.08 bits per heavy atom. The van der Waals surface area contributed by atoms with E-state index in [0.717, 1.165) is 0 Å². The van der Waals surface area contributed by atoms with Crippen molar-refractivity contribution >= 4 is 49.4 Å². The highest BCUT2D eigenvalue weighted by atomic mass is 15.1. The quantitative estimate of drug-likeness (QED) is 0.176. The molecule has 0 bridgehead atoms. The Labute approximate surface area is 307 Å². The first-order valence-corrected chi connectivity index (χ1v) is 19.1. The molecule has 0 aromatic heterocycles. The highest BCUT2D eigenvalue weighted by Gasteiger charge is 2.36. The zero-order chi connectivity index (χ0) is 34.8. The third-order valence-corrected chi connectivity index (χ3v) is 12.2. The summed E-state index contributed by atoms with van der Waals surface area (Å²) in [6.07, 6.45) is 6.71. The van der Waals surface area contributed by atoms with Crippen LogP contribution in [0.2, 0.25) is 0 Å². The van der Waals surface area contributed by atoms with Gasteiger partial charge in [-0.2, -0.15) is 0 Å². The van der Waals surface area contributed by atoms with Crippen LogP contribution < -0.4 is 4.90 Å². The lowest BCUT2D eigenvalue weighted by molar-refractivity contribution is 0.444. The van der Waals surface area contributed by atoms with E-state index in [4.69, 9.17) is 0 Å². The molecule has 1 fully saturated rings. The molecule has 0 aliphatic heterocycles. The van der Waals surface area contributed by atoms with E-state index >= 15 is 0 Å². The number of hydrogen-bond acceptors (Lipinski definition) is 1. The maximum atomic E-state index is 2.54. The van der Waals surface area contributed by atoms with Crippen LogP contribution in [0.4, 0.5) is 17.1 Å². The van der Waals surface area contributed by atoms with Gasteiger partial charge in [0.2, 0.25) is 0 Å². The van der Waals surface area contributed by atoms with E-state index in [1.165, 1.54) is 120 Å². The lowest BCUT2D eigenvalue weighted by Gasteiger charge is -2.31. The van der Waals surface area contributed by atoms with Crippen LogP contribution in [0.15, 0.2) is 158 Å². The Hall–Kier alpha value is -5.66. The molecule has 0 saturated heterocycles. The van der Waals surface area contributed by atoms with Gasteiger partial charge in [0.25, 0.3) is 0 Å². The molecule has 2 aliphatic carbocycles. The summed E-state index contributed by atoms with van der Waals surface area (Å²) in [5, 5.41) is 7.59. The summed E-state index contributed by atoms with van der Waals surface area (Å²) < 4.78 is 0. The van der Waals surface area contributed by atoms with Crippen molar-refractivity contribution in [3.8, 4) is 22.3 Å². The van der Waals surface area contributed by atoms with Gasteiger partial charge in [0.05, 0.1) is 5.69 Å². The molecule has 252 valence electrons. The first-order valence-electron chi connectivity index (χ1n) is 19.1. The minimum atomic E-state index is -0.105. The highest BCUT2D eigenvalue weighted by Crippen LogP contribution is 2.52. The Balaban J connectivity index is 1.22.